The van der Waals surface area contributed by atoms with Crippen molar-refractivity contribution in [1.82, 2.24) is 20.6 Å². The number of nitrogens with zero attached hydrogens (tertiary/aromatic N) is 2. The molecule has 1 saturated carbocycles. The van der Waals surface area contributed by atoms with E-state index >= 15 is 0 Å². The van der Waals surface area contributed by atoms with E-state index in [4.69, 9.17) is 0 Å². The quantitative estimate of drug-likeness (QED) is 0.487. The topological polar surface area (TPSA) is 124 Å². The van der Waals surface area contributed by atoms with Crippen molar-refractivity contribution in [3.8, 4) is 0 Å². The molecule has 1 fully saturated rings. The predicted molar refractivity (Wildman–Crippen MR) is 108 cm³/mol. The van der Waals surface area contributed by atoms with Crippen molar-refractivity contribution >= 4 is 18.9 Å². The van der Waals surface area contributed by atoms with E-state index in [2.05, 4.69) is 20.6 Å². The van der Waals surface area contributed by atoms with Gasteiger partial charge in [-0.3, -0.25) is 14.6 Å². The van der Waals surface area contributed by atoms with Gasteiger partial charge in [0.15, 0.2) is 0 Å². The molecule has 2 amide bonds. The molecule has 0 radical (unpaired) electrons. The molecule has 9 heteroatoms. The fourth-order valence-corrected chi connectivity index (χ4v) is 3.54. The lowest BCUT2D eigenvalue weighted by Crippen LogP contribution is -2.56. The Balaban J connectivity index is 1.84. The highest BCUT2D eigenvalue weighted by molar-refractivity contribution is 6.43. The summed E-state index contributed by atoms with van der Waals surface area (Å²) in [6, 6.07) is 9.44. The first kappa shape index (κ1) is 20.9. The Morgan fingerprint density at radius 3 is 2.55 bits per heavy atom. The Morgan fingerprint density at radius 1 is 1.24 bits per heavy atom. The molecule has 0 unspecified atom stereocenters. The fourth-order valence-electron chi connectivity index (χ4n) is 3.54. The monoisotopic (exact) mass is 396 g/mol. The molecule has 1 aliphatic carbocycles. The van der Waals surface area contributed by atoms with Crippen LogP contribution in [0.15, 0.2) is 48.9 Å². The van der Waals surface area contributed by atoms with Crippen molar-refractivity contribution in [1.29, 1.82) is 0 Å². The molecule has 1 aromatic heterocycles. The number of carbonyl (C=O) groups is 2. The van der Waals surface area contributed by atoms with Crippen molar-refractivity contribution in [2.24, 2.45) is 5.92 Å². The molecule has 0 saturated heterocycles. The van der Waals surface area contributed by atoms with Gasteiger partial charge in [0.05, 0.1) is 12.1 Å². The average molecular weight is 396 g/mol. The summed E-state index contributed by atoms with van der Waals surface area (Å²) in [6.07, 6.45) is 5.00. The molecule has 1 aromatic carbocycles. The summed E-state index contributed by atoms with van der Waals surface area (Å²) in [4.78, 5) is 33.8. The molecule has 29 heavy (non-hydrogen) atoms. The molecule has 0 bridgehead atoms. The van der Waals surface area contributed by atoms with Crippen LogP contribution in [-0.2, 0) is 4.79 Å². The van der Waals surface area contributed by atoms with Gasteiger partial charge in [0, 0.05) is 18.3 Å². The SMILES string of the molecule is CC(C)C[C@H](NC(=O)[C@]1(NC(=O)c2cnccn2)C[C@H]1c1ccccc1)B(O)O. The number of nitrogens with one attached hydrogen (secondary N) is 2. The highest BCUT2D eigenvalue weighted by Crippen LogP contribution is 2.51. The lowest BCUT2D eigenvalue weighted by molar-refractivity contribution is -0.124. The van der Waals surface area contributed by atoms with Crippen LogP contribution in [0.4, 0.5) is 0 Å². The van der Waals surface area contributed by atoms with Crippen molar-refractivity contribution in [3.05, 3.63) is 60.2 Å². The van der Waals surface area contributed by atoms with Gasteiger partial charge in [-0.15, -0.1) is 0 Å². The second kappa shape index (κ2) is 8.71. The van der Waals surface area contributed by atoms with Crippen LogP contribution in [-0.4, -0.2) is 50.4 Å². The molecule has 2 aromatic rings. The summed E-state index contributed by atoms with van der Waals surface area (Å²) in [7, 11) is -1.69. The van der Waals surface area contributed by atoms with Crippen LogP contribution in [0, 0.1) is 5.92 Å². The van der Waals surface area contributed by atoms with E-state index in [-0.39, 0.29) is 17.5 Å². The average Bonchev–Trinajstić information content (AvgIpc) is 3.43. The minimum Gasteiger partial charge on any atom is -0.426 e. The zero-order valence-corrected chi connectivity index (χ0v) is 16.4. The number of hydrogen-bond acceptors (Lipinski definition) is 6. The summed E-state index contributed by atoms with van der Waals surface area (Å²) in [5.41, 5.74) is -0.147. The summed E-state index contributed by atoms with van der Waals surface area (Å²) in [5, 5.41) is 24.9. The van der Waals surface area contributed by atoms with Crippen molar-refractivity contribution < 1.29 is 19.6 Å². The lowest BCUT2D eigenvalue weighted by Gasteiger charge is -2.25. The minimum absolute atomic E-state index is 0.110. The molecule has 4 N–H and O–H groups in total. The van der Waals surface area contributed by atoms with Crippen LogP contribution in [0.3, 0.4) is 0 Å². The van der Waals surface area contributed by atoms with Gasteiger partial charge < -0.3 is 20.7 Å². The number of carbonyl (C=O) groups excluding carboxylic acids is 2. The highest BCUT2D eigenvalue weighted by Gasteiger charge is 2.62. The van der Waals surface area contributed by atoms with Crippen LogP contribution in [0.2, 0.25) is 0 Å². The molecule has 0 aliphatic heterocycles. The third-order valence-corrected chi connectivity index (χ3v) is 5.10. The number of amides is 2. The van der Waals surface area contributed by atoms with Crippen LogP contribution in [0.1, 0.15) is 48.7 Å². The number of aromatic nitrogens is 2. The maximum Gasteiger partial charge on any atom is 0.475 e. The van der Waals surface area contributed by atoms with Gasteiger partial charge in [0.1, 0.15) is 11.2 Å². The summed E-state index contributed by atoms with van der Waals surface area (Å²) < 4.78 is 0. The Labute approximate surface area is 169 Å². The third kappa shape index (κ3) is 4.80. The van der Waals surface area contributed by atoms with E-state index in [1.165, 1.54) is 18.6 Å². The minimum atomic E-state index is -1.69. The maximum absolute atomic E-state index is 13.2. The zero-order valence-electron chi connectivity index (χ0n) is 16.4. The van der Waals surface area contributed by atoms with Crippen molar-refractivity contribution in [2.45, 2.75) is 44.1 Å². The van der Waals surface area contributed by atoms with Gasteiger partial charge in [0.2, 0.25) is 5.91 Å². The van der Waals surface area contributed by atoms with Gasteiger partial charge in [-0.05, 0) is 24.3 Å². The molecule has 3 rings (SSSR count). The van der Waals surface area contributed by atoms with Crippen molar-refractivity contribution in [2.75, 3.05) is 0 Å². The zero-order chi connectivity index (χ0) is 21.0. The normalized spacial score (nSPS) is 21.3. The van der Waals surface area contributed by atoms with E-state index in [9.17, 15) is 19.6 Å². The molecular formula is C20H25BN4O4. The van der Waals surface area contributed by atoms with E-state index in [0.29, 0.717) is 12.8 Å². The Kier molecular flexibility index (Phi) is 6.29. The standard InChI is InChI=1S/C20H25BN4O4/c1-13(2)10-17(21(28)29)24-19(27)20(11-15(20)14-6-4-3-5-7-14)25-18(26)16-12-22-8-9-23-16/h3-9,12-13,15,17,28-29H,10-11H2,1-2H3,(H,24,27)(H,25,26)/t15-,17-,20-/m0/s1. The number of hydrogen-bond donors (Lipinski definition) is 4. The molecule has 3 atom stereocenters. The Bertz CT molecular complexity index is 850. The molecule has 1 aliphatic rings. The van der Waals surface area contributed by atoms with Crippen LogP contribution in [0.25, 0.3) is 0 Å². The van der Waals surface area contributed by atoms with Gasteiger partial charge in [-0.25, -0.2) is 4.98 Å². The van der Waals surface area contributed by atoms with E-state index < -0.39 is 30.4 Å². The number of benzene rings is 1. The van der Waals surface area contributed by atoms with Crippen LogP contribution < -0.4 is 10.6 Å². The van der Waals surface area contributed by atoms with Crippen LogP contribution in [0.5, 0.6) is 0 Å². The first-order chi connectivity index (χ1) is 13.8. The molecule has 1 heterocycles. The Hall–Kier alpha value is -2.78. The first-order valence-corrected chi connectivity index (χ1v) is 9.64. The molecular weight excluding hydrogens is 371 g/mol. The highest BCUT2D eigenvalue weighted by atomic mass is 16.4. The second-order valence-electron chi connectivity index (χ2n) is 7.81. The molecule has 8 nitrogen and oxygen atoms in total. The first-order valence-electron chi connectivity index (χ1n) is 9.64. The maximum atomic E-state index is 13.2. The van der Waals surface area contributed by atoms with Gasteiger partial charge in [-0.2, -0.15) is 0 Å². The summed E-state index contributed by atoms with van der Waals surface area (Å²) >= 11 is 0. The smallest absolute Gasteiger partial charge is 0.426 e. The predicted octanol–water partition coefficient (Wildman–Crippen LogP) is 0.676. The summed E-state index contributed by atoms with van der Waals surface area (Å²) in [5.74, 6) is -1.85. The summed E-state index contributed by atoms with van der Waals surface area (Å²) in [6.45, 7) is 3.86. The fraction of sp³-hybridized carbons (Fsp3) is 0.400. The van der Waals surface area contributed by atoms with E-state index in [1.807, 2.05) is 44.2 Å². The van der Waals surface area contributed by atoms with E-state index in [0.717, 1.165) is 5.56 Å². The van der Waals surface area contributed by atoms with Gasteiger partial charge in [0.25, 0.3) is 5.91 Å². The van der Waals surface area contributed by atoms with Gasteiger partial charge in [-0.1, -0.05) is 44.2 Å². The molecule has 152 valence electrons. The van der Waals surface area contributed by atoms with Gasteiger partial charge >= 0.3 is 7.12 Å². The lowest BCUT2D eigenvalue weighted by atomic mass is 9.75. The number of rotatable bonds is 8. The Morgan fingerprint density at radius 2 is 1.97 bits per heavy atom. The van der Waals surface area contributed by atoms with Crippen LogP contribution >= 0.6 is 0 Å². The van der Waals surface area contributed by atoms with Crippen molar-refractivity contribution in [3.63, 3.8) is 0 Å². The second-order valence-corrected chi connectivity index (χ2v) is 7.81. The van der Waals surface area contributed by atoms with E-state index in [1.54, 1.807) is 0 Å². The largest absolute Gasteiger partial charge is 0.475 e. The molecule has 0 spiro atoms. The third-order valence-electron chi connectivity index (χ3n) is 5.10.